The van der Waals surface area contributed by atoms with E-state index in [4.69, 9.17) is 0 Å². The average molecular weight is 168 g/mol. The van der Waals surface area contributed by atoms with Gasteiger partial charge in [0.15, 0.2) is 0 Å². The fourth-order valence-corrected chi connectivity index (χ4v) is 2.10. The number of amides is 2. The van der Waals surface area contributed by atoms with Gasteiger partial charge in [0, 0.05) is 18.3 Å². The van der Waals surface area contributed by atoms with Crippen LogP contribution in [-0.2, 0) is 9.59 Å². The van der Waals surface area contributed by atoms with Crippen molar-refractivity contribution >= 4 is 11.8 Å². The monoisotopic (exact) mass is 168 g/mol. The second kappa shape index (κ2) is 1.81. The predicted molar refractivity (Wildman–Crippen MR) is 42.0 cm³/mol. The average Bonchev–Trinajstić information content (AvgIpc) is 2.09. The van der Waals surface area contributed by atoms with Crippen molar-refractivity contribution in [2.24, 2.45) is 5.41 Å². The molecule has 2 rings (SSSR count). The van der Waals surface area contributed by atoms with Crippen LogP contribution in [0.4, 0.5) is 0 Å². The number of rotatable bonds is 0. The van der Waals surface area contributed by atoms with Crippen molar-refractivity contribution < 1.29 is 9.59 Å². The van der Waals surface area contributed by atoms with Gasteiger partial charge in [0.25, 0.3) is 0 Å². The highest BCUT2D eigenvalue weighted by molar-refractivity contribution is 5.89. The first-order chi connectivity index (χ1) is 5.45. The molecule has 2 amide bonds. The Morgan fingerprint density at radius 3 is 1.83 bits per heavy atom. The Morgan fingerprint density at radius 1 is 1.08 bits per heavy atom. The number of carbonyl (C=O) groups excluding carboxylic acids is 2. The van der Waals surface area contributed by atoms with Gasteiger partial charge < -0.3 is 10.6 Å². The molecule has 0 unspecified atom stereocenters. The van der Waals surface area contributed by atoms with E-state index in [0.29, 0.717) is 12.8 Å². The Balaban J connectivity index is 2.38. The van der Waals surface area contributed by atoms with Crippen molar-refractivity contribution in [3.8, 4) is 0 Å². The van der Waals surface area contributed by atoms with Crippen LogP contribution in [0, 0.1) is 5.41 Å². The van der Waals surface area contributed by atoms with E-state index in [2.05, 4.69) is 10.6 Å². The number of hydrogen-bond acceptors (Lipinski definition) is 2. The molecule has 2 N–H and O–H groups in total. The summed E-state index contributed by atoms with van der Waals surface area (Å²) in [5, 5.41) is 5.58. The number of fused-ring (bicyclic) bond motifs is 1. The minimum atomic E-state index is -0.513. The summed E-state index contributed by atoms with van der Waals surface area (Å²) in [6.07, 6.45) is 0.893. The van der Waals surface area contributed by atoms with E-state index in [1.54, 1.807) is 0 Å². The van der Waals surface area contributed by atoms with E-state index in [-0.39, 0.29) is 17.2 Å². The molecule has 0 aromatic heterocycles. The molecule has 2 heterocycles. The third-order valence-corrected chi connectivity index (χ3v) is 3.09. The first-order valence-electron chi connectivity index (χ1n) is 4.07. The molecule has 12 heavy (non-hydrogen) atoms. The maximum Gasteiger partial charge on any atom is 0.222 e. The van der Waals surface area contributed by atoms with E-state index in [0.717, 1.165) is 0 Å². The van der Waals surface area contributed by atoms with E-state index < -0.39 is 5.66 Å². The summed E-state index contributed by atoms with van der Waals surface area (Å²) in [7, 11) is 0. The van der Waals surface area contributed by atoms with Crippen molar-refractivity contribution in [3.05, 3.63) is 0 Å². The maximum atomic E-state index is 11.1. The molecular weight excluding hydrogens is 156 g/mol. The molecule has 4 heteroatoms. The first kappa shape index (κ1) is 7.58. The summed E-state index contributed by atoms with van der Waals surface area (Å²) >= 11 is 0. The molecule has 66 valence electrons. The van der Waals surface area contributed by atoms with Gasteiger partial charge in [-0.1, -0.05) is 6.92 Å². The molecule has 0 aromatic carbocycles. The second-order valence-electron chi connectivity index (χ2n) is 4.14. The topological polar surface area (TPSA) is 58.2 Å². The zero-order chi connectivity index (χ0) is 8.98. The second-order valence-corrected chi connectivity index (χ2v) is 4.14. The first-order valence-corrected chi connectivity index (χ1v) is 4.07. The summed E-state index contributed by atoms with van der Waals surface area (Å²) in [5.41, 5.74) is -0.748. The highest BCUT2D eigenvalue weighted by atomic mass is 16.2. The third kappa shape index (κ3) is 0.722. The van der Waals surface area contributed by atoms with Crippen LogP contribution >= 0.6 is 0 Å². The van der Waals surface area contributed by atoms with Crippen LogP contribution in [0.3, 0.4) is 0 Å². The van der Waals surface area contributed by atoms with Crippen LogP contribution in [0.2, 0.25) is 0 Å². The van der Waals surface area contributed by atoms with E-state index in [9.17, 15) is 9.59 Å². The summed E-state index contributed by atoms with van der Waals surface area (Å²) in [6.45, 7) is 3.82. The van der Waals surface area contributed by atoms with Crippen LogP contribution in [-0.4, -0.2) is 17.5 Å². The van der Waals surface area contributed by atoms with Gasteiger partial charge in [-0.25, -0.2) is 0 Å². The van der Waals surface area contributed by atoms with Crippen molar-refractivity contribution in [2.45, 2.75) is 32.4 Å². The lowest BCUT2D eigenvalue weighted by Crippen LogP contribution is -2.54. The third-order valence-electron chi connectivity index (χ3n) is 3.09. The lowest BCUT2D eigenvalue weighted by molar-refractivity contribution is -0.122. The van der Waals surface area contributed by atoms with Gasteiger partial charge in [-0.05, 0) is 6.92 Å². The molecule has 0 spiro atoms. The highest BCUT2D eigenvalue weighted by Gasteiger charge is 2.58. The minimum absolute atomic E-state index is 0.0278. The minimum Gasteiger partial charge on any atom is -0.333 e. The zero-order valence-corrected chi connectivity index (χ0v) is 7.23. The molecule has 2 saturated heterocycles. The predicted octanol–water partition coefficient (Wildman–Crippen LogP) is -0.251. The van der Waals surface area contributed by atoms with Crippen molar-refractivity contribution in [3.63, 3.8) is 0 Å². The van der Waals surface area contributed by atoms with Crippen LogP contribution in [0.25, 0.3) is 0 Å². The Kier molecular flexibility index (Phi) is 1.14. The molecule has 4 nitrogen and oxygen atoms in total. The van der Waals surface area contributed by atoms with Gasteiger partial charge in [-0.3, -0.25) is 9.59 Å². The maximum absolute atomic E-state index is 11.1. The van der Waals surface area contributed by atoms with Gasteiger partial charge >= 0.3 is 0 Å². The Bertz CT molecular complexity index is 228. The van der Waals surface area contributed by atoms with Crippen LogP contribution in [0.5, 0.6) is 0 Å². The largest absolute Gasteiger partial charge is 0.333 e. The van der Waals surface area contributed by atoms with Crippen molar-refractivity contribution in [2.75, 3.05) is 0 Å². The molecule has 0 aliphatic carbocycles. The lowest BCUT2D eigenvalue weighted by atomic mass is 9.79. The summed E-state index contributed by atoms with van der Waals surface area (Å²) in [5.74, 6) is 0.0556. The van der Waals surface area contributed by atoms with Crippen LogP contribution in [0.1, 0.15) is 26.7 Å². The molecule has 0 radical (unpaired) electrons. The van der Waals surface area contributed by atoms with Crippen molar-refractivity contribution in [1.29, 1.82) is 0 Å². The molecule has 0 bridgehead atoms. The summed E-state index contributed by atoms with van der Waals surface area (Å²) in [4.78, 5) is 22.2. The normalized spacial score (nSPS) is 45.5. The molecule has 2 fully saturated rings. The Labute approximate surface area is 70.7 Å². The van der Waals surface area contributed by atoms with Gasteiger partial charge in [0.2, 0.25) is 11.8 Å². The number of nitrogens with one attached hydrogen (secondary N) is 2. The summed E-state index contributed by atoms with van der Waals surface area (Å²) in [6, 6.07) is 0. The van der Waals surface area contributed by atoms with Gasteiger partial charge in [-0.15, -0.1) is 0 Å². The fraction of sp³-hybridized carbons (Fsp3) is 0.750. The molecular formula is C8H12N2O2. The Hall–Kier alpha value is -1.06. The number of hydrogen-bond donors (Lipinski definition) is 2. The SMILES string of the molecule is CC12CC(=O)NC1(C)NC(=O)C2. The quantitative estimate of drug-likeness (QED) is 0.524. The van der Waals surface area contributed by atoms with E-state index in [1.165, 1.54) is 0 Å². The molecule has 0 aromatic rings. The summed E-state index contributed by atoms with van der Waals surface area (Å²) < 4.78 is 0. The van der Waals surface area contributed by atoms with E-state index in [1.807, 2.05) is 13.8 Å². The van der Waals surface area contributed by atoms with Crippen molar-refractivity contribution in [1.82, 2.24) is 10.6 Å². The van der Waals surface area contributed by atoms with Gasteiger partial charge in [0.1, 0.15) is 5.66 Å². The van der Waals surface area contributed by atoms with Gasteiger partial charge in [0.05, 0.1) is 0 Å². The van der Waals surface area contributed by atoms with Crippen LogP contribution in [0.15, 0.2) is 0 Å². The van der Waals surface area contributed by atoms with Crippen LogP contribution < -0.4 is 10.6 Å². The molecule has 0 atom stereocenters. The van der Waals surface area contributed by atoms with E-state index >= 15 is 0 Å². The standard InChI is InChI=1S/C8H12N2O2/c1-7-3-5(11)9-8(7,2)10-6(12)4-7/h3-4H2,1-2H3,(H,9,11)(H,10,12). The number of carbonyl (C=O) groups is 2. The van der Waals surface area contributed by atoms with Gasteiger partial charge in [-0.2, -0.15) is 0 Å². The zero-order valence-electron chi connectivity index (χ0n) is 7.23. The fourth-order valence-electron chi connectivity index (χ4n) is 2.10. The lowest BCUT2D eigenvalue weighted by Gasteiger charge is -2.31. The molecule has 2 aliphatic heterocycles. The smallest absolute Gasteiger partial charge is 0.222 e. The Morgan fingerprint density at radius 2 is 1.50 bits per heavy atom. The molecule has 0 saturated carbocycles. The highest BCUT2D eigenvalue weighted by Crippen LogP contribution is 2.44. The molecule has 2 aliphatic rings.